The molecule has 1 aromatic heterocycles. The second-order valence-electron chi connectivity index (χ2n) is 4.89. The quantitative estimate of drug-likeness (QED) is 0.689. The standard InChI is InChI=1S/C15H18BrClN2/c1-11(2)19-15(13(16)10-18-19)9-8-14(17)12-6-4-3-5-7-12/h3-7,10-11,14H,8-9H2,1-2H3. The average molecular weight is 342 g/mol. The van der Waals surface area contributed by atoms with Crippen LogP contribution in [0.3, 0.4) is 0 Å². The smallest absolute Gasteiger partial charge is 0.0635 e. The van der Waals surface area contributed by atoms with E-state index in [1.165, 1.54) is 11.3 Å². The lowest BCUT2D eigenvalue weighted by atomic mass is 10.1. The van der Waals surface area contributed by atoms with Gasteiger partial charge in [-0.2, -0.15) is 5.10 Å². The van der Waals surface area contributed by atoms with Gasteiger partial charge >= 0.3 is 0 Å². The van der Waals surface area contributed by atoms with Crippen molar-refractivity contribution in [1.82, 2.24) is 9.78 Å². The van der Waals surface area contributed by atoms with Gasteiger partial charge in [-0.25, -0.2) is 0 Å². The minimum absolute atomic E-state index is 0.0450. The molecule has 0 fully saturated rings. The monoisotopic (exact) mass is 340 g/mol. The topological polar surface area (TPSA) is 17.8 Å². The molecule has 0 N–H and O–H groups in total. The molecule has 0 aliphatic heterocycles. The van der Waals surface area contributed by atoms with Gasteiger partial charge in [-0.1, -0.05) is 30.3 Å². The zero-order valence-electron chi connectivity index (χ0n) is 11.2. The van der Waals surface area contributed by atoms with Crippen molar-refractivity contribution in [2.45, 2.75) is 38.1 Å². The second kappa shape index (κ2) is 6.58. The second-order valence-corrected chi connectivity index (χ2v) is 6.28. The first-order valence-corrected chi connectivity index (χ1v) is 7.73. The third-order valence-electron chi connectivity index (χ3n) is 3.13. The molecule has 1 atom stereocenters. The molecule has 1 aromatic carbocycles. The van der Waals surface area contributed by atoms with Crippen LogP contribution in [0.25, 0.3) is 0 Å². The summed E-state index contributed by atoms with van der Waals surface area (Å²) >= 11 is 10.0. The number of aromatic nitrogens is 2. The van der Waals surface area contributed by atoms with Crippen LogP contribution in [0.1, 0.15) is 42.9 Å². The molecule has 2 nitrogen and oxygen atoms in total. The maximum absolute atomic E-state index is 6.46. The van der Waals surface area contributed by atoms with Crippen molar-refractivity contribution < 1.29 is 0 Å². The molecule has 0 saturated heterocycles. The molecule has 2 aromatic rings. The lowest BCUT2D eigenvalue weighted by Crippen LogP contribution is -2.08. The minimum atomic E-state index is 0.0450. The normalized spacial score (nSPS) is 12.9. The van der Waals surface area contributed by atoms with Crippen LogP contribution in [0.15, 0.2) is 41.0 Å². The lowest BCUT2D eigenvalue weighted by molar-refractivity contribution is 0.504. The number of alkyl halides is 1. The van der Waals surface area contributed by atoms with Gasteiger partial charge in [0.2, 0.25) is 0 Å². The third kappa shape index (κ3) is 3.61. The summed E-state index contributed by atoms with van der Waals surface area (Å²) in [7, 11) is 0. The van der Waals surface area contributed by atoms with Crippen molar-refractivity contribution in [1.29, 1.82) is 0 Å². The molecule has 2 rings (SSSR count). The summed E-state index contributed by atoms with van der Waals surface area (Å²) in [5, 5.41) is 4.44. The third-order valence-corrected chi connectivity index (χ3v) is 4.27. The summed E-state index contributed by atoms with van der Waals surface area (Å²) in [4.78, 5) is 0. The number of nitrogens with zero attached hydrogens (tertiary/aromatic N) is 2. The molecular formula is C15H18BrClN2. The van der Waals surface area contributed by atoms with Gasteiger partial charge in [-0.3, -0.25) is 4.68 Å². The number of benzene rings is 1. The van der Waals surface area contributed by atoms with Gasteiger partial charge in [0.15, 0.2) is 0 Å². The summed E-state index contributed by atoms with van der Waals surface area (Å²) in [5.74, 6) is 0. The van der Waals surface area contributed by atoms with Crippen LogP contribution in [-0.4, -0.2) is 9.78 Å². The highest BCUT2D eigenvalue weighted by Crippen LogP contribution is 2.28. The average Bonchev–Trinajstić information content (AvgIpc) is 2.78. The van der Waals surface area contributed by atoms with Crippen LogP contribution in [0.4, 0.5) is 0 Å². The number of hydrogen-bond donors (Lipinski definition) is 0. The maximum Gasteiger partial charge on any atom is 0.0635 e. The van der Waals surface area contributed by atoms with Crippen molar-refractivity contribution in [3.63, 3.8) is 0 Å². The van der Waals surface area contributed by atoms with E-state index in [1.807, 2.05) is 24.4 Å². The van der Waals surface area contributed by atoms with Gasteiger partial charge in [0, 0.05) is 6.04 Å². The highest BCUT2D eigenvalue weighted by atomic mass is 79.9. The van der Waals surface area contributed by atoms with Crippen molar-refractivity contribution in [2.75, 3.05) is 0 Å². The molecule has 1 heterocycles. The fraction of sp³-hybridized carbons (Fsp3) is 0.400. The zero-order chi connectivity index (χ0) is 13.8. The van der Waals surface area contributed by atoms with Crippen LogP contribution in [0, 0.1) is 0 Å². The SMILES string of the molecule is CC(C)n1ncc(Br)c1CCC(Cl)c1ccccc1. The van der Waals surface area contributed by atoms with Gasteiger partial charge < -0.3 is 0 Å². The van der Waals surface area contributed by atoms with Crippen molar-refractivity contribution >= 4 is 27.5 Å². The summed E-state index contributed by atoms with van der Waals surface area (Å²) in [6, 6.07) is 10.6. The van der Waals surface area contributed by atoms with Gasteiger partial charge in [-0.05, 0) is 48.2 Å². The van der Waals surface area contributed by atoms with Crippen LogP contribution >= 0.6 is 27.5 Å². The van der Waals surface area contributed by atoms with Crippen LogP contribution < -0.4 is 0 Å². The molecule has 4 heteroatoms. The summed E-state index contributed by atoms with van der Waals surface area (Å²) < 4.78 is 3.12. The van der Waals surface area contributed by atoms with E-state index in [9.17, 15) is 0 Å². The summed E-state index contributed by atoms with van der Waals surface area (Å²) in [6.07, 6.45) is 3.69. The highest BCUT2D eigenvalue weighted by molar-refractivity contribution is 9.10. The van der Waals surface area contributed by atoms with E-state index >= 15 is 0 Å². The molecule has 0 spiro atoms. The molecule has 1 unspecified atom stereocenters. The molecule has 19 heavy (non-hydrogen) atoms. The Kier molecular flexibility index (Phi) is 5.06. The van der Waals surface area contributed by atoms with Gasteiger partial charge in [0.1, 0.15) is 0 Å². The van der Waals surface area contributed by atoms with E-state index < -0.39 is 0 Å². The molecule has 0 bridgehead atoms. The molecular weight excluding hydrogens is 324 g/mol. The summed E-state index contributed by atoms with van der Waals surface area (Å²) in [6.45, 7) is 4.27. The Hall–Kier alpha value is -0.800. The van der Waals surface area contributed by atoms with E-state index in [0.29, 0.717) is 6.04 Å². The maximum atomic E-state index is 6.46. The Morgan fingerprint density at radius 3 is 2.58 bits per heavy atom. The number of rotatable bonds is 5. The molecule has 0 radical (unpaired) electrons. The molecule has 0 aliphatic carbocycles. The minimum Gasteiger partial charge on any atom is -0.266 e. The Balaban J connectivity index is 2.05. The predicted octanol–water partition coefficient (Wildman–Crippen LogP) is 5.14. The Bertz CT molecular complexity index is 522. The molecule has 0 aliphatic rings. The van der Waals surface area contributed by atoms with Gasteiger partial charge in [-0.15, -0.1) is 11.6 Å². The van der Waals surface area contributed by atoms with E-state index in [0.717, 1.165) is 17.3 Å². The number of halogens is 2. The first kappa shape index (κ1) is 14.6. The van der Waals surface area contributed by atoms with Crippen LogP contribution in [0.2, 0.25) is 0 Å². The lowest BCUT2D eigenvalue weighted by Gasteiger charge is -2.14. The predicted molar refractivity (Wildman–Crippen MR) is 83.7 cm³/mol. The highest BCUT2D eigenvalue weighted by Gasteiger charge is 2.14. The molecule has 0 amide bonds. The van der Waals surface area contributed by atoms with E-state index in [1.54, 1.807) is 0 Å². The van der Waals surface area contributed by atoms with Crippen molar-refractivity contribution in [2.24, 2.45) is 0 Å². The van der Waals surface area contributed by atoms with Crippen molar-refractivity contribution in [3.8, 4) is 0 Å². The first-order chi connectivity index (χ1) is 9.09. The zero-order valence-corrected chi connectivity index (χ0v) is 13.5. The van der Waals surface area contributed by atoms with E-state index in [-0.39, 0.29) is 5.38 Å². The number of hydrogen-bond acceptors (Lipinski definition) is 1. The fourth-order valence-corrected chi connectivity index (χ4v) is 2.86. The van der Waals surface area contributed by atoms with E-state index in [2.05, 4.69) is 51.7 Å². The van der Waals surface area contributed by atoms with E-state index in [4.69, 9.17) is 11.6 Å². The largest absolute Gasteiger partial charge is 0.266 e. The van der Waals surface area contributed by atoms with Gasteiger partial charge in [0.05, 0.1) is 21.7 Å². The Morgan fingerprint density at radius 2 is 1.95 bits per heavy atom. The first-order valence-electron chi connectivity index (χ1n) is 6.50. The van der Waals surface area contributed by atoms with Crippen LogP contribution in [0.5, 0.6) is 0 Å². The Morgan fingerprint density at radius 1 is 1.26 bits per heavy atom. The molecule has 0 saturated carbocycles. The fourth-order valence-electron chi connectivity index (χ4n) is 2.14. The molecule has 102 valence electrons. The summed E-state index contributed by atoms with van der Waals surface area (Å²) in [5.41, 5.74) is 2.40. The van der Waals surface area contributed by atoms with Crippen molar-refractivity contribution in [3.05, 3.63) is 52.3 Å². The van der Waals surface area contributed by atoms with Crippen LogP contribution in [-0.2, 0) is 6.42 Å². The Labute approximate surface area is 127 Å². The van der Waals surface area contributed by atoms with Gasteiger partial charge in [0.25, 0.3) is 0 Å².